The minimum atomic E-state index is -0.275. The highest BCUT2D eigenvalue weighted by Crippen LogP contribution is 2.29. The maximum absolute atomic E-state index is 11.6. The summed E-state index contributed by atoms with van der Waals surface area (Å²) in [5.74, 6) is -0.275. The Morgan fingerprint density at radius 1 is 1.25 bits per heavy atom. The van der Waals surface area contributed by atoms with Crippen LogP contribution in [0.3, 0.4) is 0 Å². The van der Waals surface area contributed by atoms with E-state index in [0.29, 0.717) is 5.56 Å². The molecule has 0 atom stereocenters. The van der Waals surface area contributed by atoms with Gasteiger partial charge in [0.15, 0.2) is 0 Å². The summed E-state index contributed by atoms with van der Waals surface area (Å²) < 4.78 is 9.04. The molecule has 0 saturated carbocycles. The molecule has 1 aliphatic heterocycles. The van der Waals surface area contributed by atoms with Crippen molar-refractivity contribution >= 4 is 5.97 Å². The van der Waals surface area contributed by atoms with Crippen molar-refractivity contribution in [2.75, 3.05) is 7.11 Å². The first-order valence-electron chi connectivity index (χ1n) is 5.24. The smallest absolute Gasteiger partial charge is 0.340 e. The van der Waals surface area contributed by atoms with Crippen LogP contribution in [0.2, 0.25) is 0 Å². The molecule has 0 aromatic carbocycles. The molecule has 0 fully saturated rings. The molecular formula is C12H12N2O2. The number of ether oxygens (including phenoxy) is 1. The highest BCUT2D eigenvalue weighted by molar-refractivity contribution is 5.96. The number of esters is 1. The number of nitrogens with zero attached hydrogens (tertiary/aromatic N) is 2. The van der Waals surface area contributed by atoms with Crippen LogP contribution in [0.15, 0.2) is 30.6 Å². The molecule has 1 aliphatic rings. The fraction of sp³-hybridized carbons (Fsp3) is 0.250. The first kappa shape index (κ1) is 9.27. The van der Waals surface area contributed by atoms with Crippen molar-refractivity contribution in [3.8, 4) is 11.4 Å². The van der Waals surface area contributed by atoms with Crippen molar-refractivity contribution in [2.24, 2.45) is 0 Å². The number of carbonyl (C=O) groups excluding carboxylic acids is 1. The summed E-state index contributed by atoms with van der Waals surface area (Å²) >= 11 is 0. The molecule has 2 aromatic heterocycles. The zero-order valence-corrected chi connectivity index (χ0v) is 9.01. The molecule has 3 rings (SSSR count). The van der Waals surface area contributed by atoms with Crippen LogP contribution in [-0.4, -0.2) is 22.2 Å². The Kier molecular flexibility index (Phi) is 1.89. The number of fused-ring (bicyclic) bond motifs is 3. The van der Waals surface area contributed by atoms with Crippen molar-refractivity contribution in [3.63, 3.8) is 0 Å². The fourth-order valence-electron chi connectivity index (χ4n) is 2.26. The van der Waals surface area contributed by atoms with Gasteiger partial charge in [-0.25, -0.2) is 4.79 Å². The summed E-state index contributed by atoms with van der Waals surface area (Å²) in [6, 6.07) is 5.85. The summed E-state index contributed by atoms with van der Waals surface area (Å²) in [6.45, 7) is 1.85. The molecule has 0 saturated heterocycles. The number of aromatic nitrogens is 2. The monoisotopic (exact) mass is 216 g/mol. The zero-order chi connectivity index (χ0) is 11.1. The minimum absolute atomic E-state index is 0.275. The molecule has 4 nitrogen and oxygen atoms in total. The highest BCUT2D eigenvalue weighted by atomic mass is 16.5. The molecule has 0 bridgehead atoms. The maximum atomic E-state index is 11.6. The van der Waals surface area contributed by atoms with Gasteiger partial charge in [-0.15, -0.1) is 0 Å². The molecular weight excluding hydrogens is 204 g/mol. The highest BCUT2D eigenvalue weighted by Gasteiger charge is 2.22. The molecule has 2 aromatic rings. The van der Waals surface area contributed by atoms with Gasteiger partial charge in [-0.05, 0) is 18.2 Å². The van der Waals surface area contributed by atoms with E-state index in [1.165, 1.54) is 7.11 Å². The molecule has 0 radical (unpaired) electrons. The second-order valence-electron chi connectivity index (χ2n) is 3.85. The molecule has 0 amide bonds. The summed E-state index contributed by atoms with van der Waals surface area (Å²) in [4.78, 5) is 11.6. The summed E-state index contributed by atoms with van der Waals surface area (Å²) in [5.41, 5.74) is 2.68. The van der Waals surface area contributed by atoms with Crippen LogP contribution in [0.25, 0.3) is 11.4 Å². The van der Waals surface area contributed by atoms with E-state index in [4.69, 9.17) is 4.74 Å². The molecule has 3 heterocycles. The van der Waals surface area contributed by atoms with Gasteiger partial charge in [0.25, 0.3) is 0 Å². The quantitative estimate of drug-likeness (QED) is 0.681. The summed E-state index contributed by atoms with van der Waals surface area (Å²) in [5, 5.41) is 0. The predicted octanol–water partition coefficient (Wildman–Crippen LogP) is 1.76. The third-order valence-electron chi connectivity index (χ3n) is 3.02. The van der Waals surface area contributed by atoms with Crippen LogP contribution >= 0.6 is 0 Å². The van der Waals surface area contributed by atoms with Crippen LogP contribution in [-0.2, 0) is 17.8 Å². The normalized spacial score (nSPS) is 13.1. The summed E-state index contributed by atoms with van der Waals surface area (Å²) in [6.07, 6.45) is 3.98. The van der Waals surface area contributed by atoms with E-state index >= 15 is 0 Å². The Morgan fingerprint density at radius 3 is 2.88 bits per heavy atom. The van der Waals surface area contributed by atoms with Crippen molar-refractivity contribution in [2.45, 2.75) is 13.1 Å². The molecule has 0 unspecified atom stereocenters. The topological polar surface area (TPSA) is 36.2 Å². The number of methoxy groups -OCH3 is 1. The number of carbonyl (C=O) groups is 1. The van der Waals surface area contributed by atoms with E-state index in [1.807, 2.05) is 30.6 Å². The van der Waals surface area contributed by atoms with E-state index in [0.717, 1.165) is 24.5 Å². The fourth-order valence-corrected chi connectivity index (χ4v) is 2.26. The molecule has 16 heavy (non-hydrogen) atoms. The van der Waals surface area contributed by atoms with Gasteiger partial charge in [0, 0.05) is 25.5 Å². The van der Waals surface area contributed by atoms with Gasteiger partial charge in [0.2, 0.25) is 0 Å². The third kappa shape index (κ3) is 1.13. The number of rotatable bonds is 1. The van der Waals surface area contributed by atoms with Gasteiger partial charge in [-0.2, -0.15) is 0 Å². The second kappa shape index (κ2) is 3.27. The number of hydrogen-bond acceptors (Lipinski definition) is 2. The van der Waals surface area contributed by atoms with Gasteiger partial charge in [0.05, 0.1) is 24.1 Å². The largest absolute Gasteiger partial charge is 0.465 e. The second-order valence-corrected chi connectivity index (χ2v) is 3.85. The van der Waals surface area contributed by atoms with E-state index in [1.54, 1.807) is 0 Å². The first-order chi connectivity index (χ1) is 7.81. The average Bonchev–Trinajstić information content (AvgIpc) is 2.92. The van der Waals surface area contributed by atoms with E-state index in [2.05, 4.69) is 9.13 Å². The van der Waals surface area contributed by atoms with Gasteiger partial charge < -0.3 is 13.9 Å². The lowest BCUT2D eigenvalue weighted by Gasteiger charge is -2.19. The van der Waals surface area contributed by atoms with Crippen molar-refractivity contribution in [1.82, 2.24) is 9.13 Å². The van der Waals surface area contributed by atoms with Gasteiger partial charge in [0.1, 0.15) is 0 Å². The summed E-state index contributed by atoms with van der Waals surface area (Å²) in [7, 11) is 1.41. The van der Waals surface area contributed by atoms with Crippen molar-refractivity contribution < 1.29 is 9.53 Å². The maximum Gasteiger partial charge on any atom is 0.340 e. The Labute approximate surface area is 93.1 Å². The Bertz CT molecular complexity index is 551. The van der Waals surface area contributed by atoms with Gasteiger partial charge in [-0.3, -0.25) is 0 Å². The lowest BCUT2D eigenvalue weighted by Crippen LogP contribution is -2.16. The van der Waals surface area contributed by atoms with Crippen molar-refractivity contribution in [1.29, 1.82) is 0 Å². The molecule has 0 aliphatic carbocycles. The SMILES string of the molecule is COC(=O)c1ccn2c1-c1cccn1CC2. The Hall–Kier alpha value is -1.97. The van der Waals surface area contributed by atoms with Gasteiger partial charge >= 0.3 is 5.97 Å². The van der Waals surface area contributed by atoms with E-state index in [-0.39, 0.29) is 5.97 Å². The van der Waals surface area contributed by atoms with Gasteiger partial charge in [-0.1, -0.05) is 0 Å². The molecule has 0 spiro atoms. The van der Waals surface area contributed by atoms with Crippen molar-refractivity contribution in [3.05, 3.63) is 36.2 Å². The lowest BCUT2D eigenvalue weighted by molar-refractivity contribution is 0.0601. The lowest BCUT2D eigenvalue weighted by atomic mass is 10.1. The average molecular weight is 216 g/mol. The predicted molar refractivity (Wildman–Crippen MR) is 59.2 cm³/mol. The minimum Gasteiger partial charge on any atom is -0.465 e. The molecule has 0 N–H and O–H groups in total. The van der Waals surface area contributed by atoms with Crippen LogP contribution in [0.4, 0.5) is 0 Å². The Morgan fingerprint density at radius 2 is 2.06 bits per heavy atom. The standard InChI is InChI=1S/C12H12N2O2/c1-16-12(15)9-4-6-14-8-7-13-5-2-3-10(13)11(9)14/h2-6H,7-8H2,1H3. The van der Waals surface area contributed by atoms with E-state index < -0.39 is 0 Å². The molecule has 82 valence electrons. The zero-order valence-electron chi connectivity index (χ0n) is 9.01. The van der Waals surface area contributed by atoms with Crippen LogP contribution < -0.4 is 0 Å². The number of hydrogen-bond donors (Lipinski definition) is 0. The Balaban J connectivity index is 2.21. The van der Waals surface area contributed by atoms with E-state index in [9.17, 15) is 4.79 Å². The van der Waals surface area contributed by atoms with Crippen LogP contribution in [0, 0.1) is 0 Å². The molecule has 4 heteroatoms. The van der Waals surface area contributed by atoms with Crippen LogP contribution in [0.1, 0.15) is 10.4 Å². The first-order valence-corrected chi connectivity index (χ1v) is 5.24. The van der Waals surface area contributed by atoms with Crippen LogP contribution in [0.5, 0.6) is 0 Å². The number of aryl methyl sites for hydroxylation is 2. The third-order valence-corrected chi connectivity index (χ3v) is 3.02.